The van der Waals surface area contributed by atoms with Gasteiger partial charge in [-0.1, -0.05) is 0 Å². The smallest absolute Gasteiger partial charge is 0.225 e. The summed E-state index contributed by atoms with van der Waals surface area (Å²) in [5.74, 6) is 2.36. The molecule has 2 aliphatic rings. The van der Waals surface area contributed by atoms with Crippen LogP contribution in [-0.2, 0) is 0 Å². The lowest BCUT2D eigenvalue weighted by molar-refractivity contribution is 0.0981. The molecule has 0 aromatic carbocycles. The fraction of sp³-hybridized carbons (Fsp3) is 0.526. The van der Waals surface area contributed by atoms with Gasteiger partial charge in [-0.15, -0.1) is 5.10 Å². The Hall–Kier alpha value is -2.65. The molecule has 0 unspecified atom stereocenters. The second-order valence-electron chi connectivity index (χ2n) is 7.71. The Balaban J connectivity index is 1.31. The number of furan rings is 1. The molecule has 148 valence electrons. The van der Waals surface area contributed by atoms with Crippen molar-refractivity contribution in [3.05, 3.63) is 24.5 Å². The maximum Gasteiger partial charge on any atom is 0.225 e. The molecule has 2 fully saturated rings. The third kappa shape index (κ3) is 3.20. The van der Waals surface area contributed by atoms with E-state index in [1.807, 2.05) is 18.2 Å². The molecule has 2 N–H and O–H groups in total. The number of nitrogens with two attached hydrogens (primary N) is 1. The molecule has 0 amide bonds. The van der Waals surface area contributed by atoms with Crippen molar-refractivity contribution < 1.29 is 4.42 Å². The first-order valence-corrected chi connectivity index (χ1v) is 9.92. The molecule has 28 heavy (non-hydrogen) atoms. The van der Waals surface area contributed by atoms with Crippen LogP contribution in [0.25, 0.3) is 17.2 Å². The number of rotatable bonds is 3. The number of piperidine rings is 1. The third-order valence-electron chi connectivity index (χ3n) is 5.92. The van der Waals surface area contributed by atoms with Crippen LogP contribution in [0.4, 0.5) is 11.8 Å². The van der Waals surface area contributed by atoms with Crippen molar-refractivity contribution in [1.82, 2.24) is 29.4 Å². The summed E-state index contributed by atoms with van der Waals surface area (Å²) >= 11 is 0. The zero-order valence-electron chi connectivity index (χ0n) is 16.2. The van der Waals surface area contributed by atoms with Gasteiger partial charge in [0.15, 0.2) is 11.4 Å². The summed E-state index contributed by atoms with van der Waals surface area (Å²) in [5, 5.41) is 4.42. The van der Waals surface area contributed by atoms with Gasteiger partial charge in [-0.05, 0) is 32.0 Å². The Morgan fingerprint density at radius 2 is 1.86 bits per heavy atom. The Morgan fingerprint density at radius 1 is 1.07 bits per heavy atom. The quantitative estimate of drug-likeness (QED) is 0.722. The molecule has 3 aromatic rings. The van der Waals surface area contributed by atoms with Crippen LogP contribution in [0.2, 0.25) is 0 Å². The molecule has 5 heterocycles. The fourth-order valence-corrected chi connectivity index (χ4v) is 4.22. The maximum absolute atomic E-state index is 6.17. The van der Waals surface area contributed by atoms with Crippen molar-refractivity contribution in [3.8, 4) is 11.6 Å². The monoisotopic (exact) mass is 382 g/mol. The topological polar surface area (TPSA) is 92.0 Å². The summed E-state index contributed by atoms with van der Waals surface area (Å²) < 4.78 is 6.96. The van der Waals surface area contributed by atoms with Gasteiger partial charge >= 0.3 is 0 Å². The van der Waals surface area contributed by atoms with Crippen molar-refractivity contribution in [2.75, 3.05) is 56.9 Å². The molecule has 3 aromatic heterocycles. The average Bonchev–Trinajstić information content (AvgIpc) is 3.38. The van der Waals surface area contributed by atoms with E-state index in [0.717, 1.165) is 31.7 Å². The van der Waals surface area contributed by atoms with Crippen molar-refractivity contribution in [3.63, 3.8) is 0 Å². The highest BCUT2D eigenvalue weighted by molar-refractivity contribution is 5.59. The van der Waals surface area contributed by atoms with Gasteiger partial charge in [0.05, 0.1) is 6.26 Å². The minimum atomic E-state index is 0.346. The number of anilines is 2. The minimum Gasteiger partial charge on any atom is -0.461 e. The van der Waals surface area contributed by atoms with Crippen LogP contribution in [0.5, 0.6) is 0 Å². The van der Waals surface area contributed by atoms with Crippen LogP contribution in [-0.4, -0.2) is 81.7 Å². The summed E-state index contributed by atoms with van der Waals surface area (Å²) in [6.45, 7) is 6.65. The van der Waals surface area contributed by atoms with Crippen LogP contribution < -0.4 is 10.6 Å². The van der Waals surface area contributed by atoms with Crippen molar-refractivity contribution in [2.45, 2.75) is 18.9 Å². The van der Waals surface area contributed by atoms with Gasteiger partial charge in [0, 0.05) is 51.4 Å². The predicted molar refractivity (Wildman–Crippen MR) is 107 cm³/mol. The first-order valence-electron chi connectivity index (χ1n) is 9.92. The molecular formula is C19H26N8O. The lowest BCUT2D eigenvalue weighted by Crippen LogP contribution is -2.52. The van der Waals surface area contributed by atoms with E-state index in [-0.39, 0.29) is 0 Å². The zero-order chi connectivity index (χ0) is 19.1. The van der Waals surface area contributed by atoms with Gasteiger partial charge in [0.25, 0.3) is 0 Å². The first-order chi connectivity index (χ1) is 13.7. The van der Waals surface area contributed by atoms with E-state index in [2.05, 4.69) is 36.8 Å². The van der Waals surface area contributed by atoms with Gasteiger partial charge in [-0.2, -0.15) is 9.50 Å². The van der Waals surface area contributed by atoms with E-state index >= 15 is 0 Å². The molecule has 0 aliphatic carbocycles. The van der Waals surface area contributed by atoms with Gasteiger partial charge in [0.1, 0.15) is 5.82 Å². The number of hydrogen-bond donors (Lipinski definition) is 1. The van der Waals surface area contributed by atoms with Gasteiger partial charge in [-0.3, -0.25) is 4.90 Å². The summed E-state index contributed by atoms with van der Waals surface area (Å²) in [4.78, 5) is 16.5. The number of hydrogen-bond acceptors (Lipinski definition) is 8. The summed E-state index contributed by atoms with van der Waals surface area (Å²) in [6, 6.07) is 6.29. The SMILES string of the molecule is CN1CCN(C2CCN(c3cc4nc(-c5ccco5)nn4c(N)n3)CC2)CC1. The van der Waals surface area contributed by atoms with E-state index in [4.69, 9.17) is 10.2 Å². The van der Waals surface area contributed by atoms with Crippen molar-refractivity contribution in [2.24, 2.45) is 0 Å². The largest absolute Gasteiger partial charge is 0.461 e. The molecule has 0 bridgehead atoms. The molecule has 2 aliphatic heterocycles. The molecule has 9 heteroatoms. The molecule has 0 spiro atoms. The normalized spacial score (nSPS) is 20.2. The van der Waals surface area contributed by atoms with E-state index < -0.39 is 0 Å². The van der Waals surface area contributed by atoms with Crippen LogP contribution in [0, 0.1) is 0 Å². The molecule has 2 saturated heterocycles. The predicted octanol–water partition coefficient (Wildman–Crippen LogP) is 1.18. The molecule has 0 radical (unpaired) electrons. The maximum atomic E-state index is 6.17. The average molecular weight is 382 g/mol. The summed E-state index contributed by atoms with van der Waals surface area (Å²) in [6.07, 6.45) is 3.92. The van der Waals surface area contributed by atoms with Crippen LogP contribution >= 0.6 is 0 Å². The number of likely N-dealkylation sites (N-methyl/N-ethyl adjacent to an activating group) is 1. The fourth-order valence-electron chi connectivity index (χ4n) is 4.22. The molecule has 5 rings (SSSR count). The summed E-state index contributed by atoms with van der Waals surface area (Å²) in [5.41, 5.74) is 6.86. The van der Waals surface area contributed by atoms with E-state index in [1.54, 1.807) is 10.8 Å². The molecule has 0 atom stereocenters. The van der Waals surface area contributed by atoms with Gasteiger partial charge in [0.2, 0.25) is 11.8 Å². The highest BCUT2D eigenvalue weighted by Crippen LogP contribution is 2.25. The second-order valence-corrected chi connectivity index (χ2v) is 7.71. The van der Waals surface area contributed by atoms with Crippen molar-refractivity contribution >= 4 is 17.4 Å². The first kappa shape index (κ1) is 17.4. The standard InChI is InChI=1S/C19H26N8O/c1-24-8-10-25(11-9-24)14-4-6-26(7-5-14)16-13-17-21-18(15-3-2-12-28-15)23-27(17)19(20)22-16/h2-3,12-14H,4-11H2,1H3,(H2,20,22). The lowest BCUT2D eigenvalue weighted by atomic mass is 10.0. The zero-order valence-corrected chi connectivity index (χ0v) is 16.2. The second kappa shape index (κ2) is 7.06. The number of fused-ring (bicyclic) bond motifs is 1. The Labute approximate surface area is 163 Å². The van der Waals surface area contributed by atoms with Crippen LogP contribution in [0.3, 0.4) is 0 Å². The van der Waals surface area contributed by atoms with E-state index in [0.29, 0.717) is 29.2 Å². The van der Waals surface area contributed by atoms with Gasteiger partial charge < -0.3 is 20.0 Å². The van der Waals surface area contributed by atoms with E-state index in [1.165, 1.54) is 26.2 Å². The molecule has 0 saturated carbocycles. The Kier molecular flexibility index (Phi) is 4.40. The summed E-state index contributed by atoms with van der Waals surface area (Å²) in [7, 11) is 2.20. The van der Waals surface area contributed by atoms with Crippen LogP contribution in [0.1, 0.15) is 12.8 Å². The van der Waals surface area contributed by atoms with Gasteiger partial charge in [-0.25, -0.2) is 4.98 Å². The third-order valence-corrected chi connectivity index (χ3v) is 5.92. The van der Waals surface area contributed by atoms with Crippen LogP contribution in [0.15, 0.2) is 28.9 Å². The number of piperazine rings is 1. The number of aromatic nitrogens is 4. The molecular weight excluding hydrogens is 356 g/mol. The highest BCUT2D eigenvalue weighted by Gasteiger charge is 2.27. The Bertz CT molecular complexity index is 936. The molecule has 9 nitrogen and oxygen atoms in total. The number of nitrogens with zero attached hydrogens (tertiary/aromatic N) is 7. The number of nitrogen functional groups attached to an aromatic ring is 1. The van der Waals surface area contributed by atoms with Crippen molar-refractivity contribution in [1.29, 1.82) is 0 Å². The lowest BCUT2D eigenvalue weighted by Gasteiger charge is -2.42. The highest BCUT2D eigenvalue weighted by atomic mass is 16.3. The van der Waals surface area contributed by atoms with E-state index in [9.17, 15) is 0 Å². The Morgan fingerprint density at radius 3 is 2.57 bits per heavy atom. The minimum absolute atomic E-state index is 0.346.